The third-order valence-corrected chi connectivity index (χ3v) is 4.26. The van der Waals surface area contributed by atoms with Gasteiger partial charge >= 0.3 is 0 Å². The van der Waals surface area contributed by atoms with Gasteiger partial charge < -0.3 is 15.8 Å². The molecule has 0 heterocycles. The maximum absolute atomic E-state index is 11.6. The summed E-state index contributed by atoms with van der Waals surface area (Å²) in [5.74, 6) is 1.06. The lowest BCUT2D eigenvalue weighted by Crippen LogP contribution is -2.55. The molecular weight excluding hydrogens is 260 g/mol. The molecule has 5 heteroatoms. The van der Waals surface area contributed by atoms with E-state index in [0.717, 1.165) is 23.6 Å². The Hall–Kier alpha value is -1.20. The molecule has 0 saturated heterocycles. The van der Waals surface area contributed by atoms with Gasteiger partial charge in [-0.05, 0) is 32.0 Å². The zero-order valence-corrected chi connectivity index (χ0v) is 12.5. The van der Waals surface area contributed by atoms with E-state index >= 15 is 0 Å². The second-order valence-corrected chi connectivity index (χ2v) is 5.58. The van der Waals surface area contributed by atoms with Crippen molar-refractivity contribution in [3.8, 4) is 5.75 Å². The number of nitrogens with two attached hydrogens (primary N) is 1. The number of hydrogen-bond donors (Lipinski definition) is 2. The first-order valence-electron chi connectivity index (χ1n) is 6.34. The van der Waals surface area contributed by atoms with Crippen LogP contribution in [0.15, 0.2) is 29.2 Å². The minimum atomic E-state index is -0.707. The van der Waals surface area contributed by atoms with Crippen molar-refractivity contribution in [1.29, 1.82) is 0 Å². The largest absolute Gasteiger partial charge is 0.496 e. The van der Waals surface area contributed by atoms with E-state index in [4.69, 9.17) is 10.5 Å². The van der Waals surface area contributed by atoms with Crippen LogP contribution in [-0.2, 0) is 4.79 Å². The molecule has 1 rings (SSSR count). The van der Waals surface area contributed by atoms with Gasteiger partial charge in [0.2, 0.25) is 5.91 Å². The van der Waals surface area contributed by atoms with Crippen molar-refractivity contribution in [2.24, 2.45) is 5.73 Å². The molecule has 0 aliphatic rings. The predicted octanol–water partition coefficient (Wildman–Crippen LogP) is 2.03. The first-order valence-corrected chi connectivity index (χ1v) is 7.33. The summed E-state index contributed by atoms with van der Waals surface area (Å²) in [6.45, 7) is 4.67. The number of carbonyl (C=O) groups is 1. The van der Waals surface area contributed by atoms with Crippen LogP contribution in [0.25, 0.3) is 0 Å². The van der Waals surface area contributed by atoms with Crippen molar-refractivity contribution in [2.45, 2.75) is 30.7 Å². The Morgan fingerprint density at radius 3 is 2.74 bits per heavy atom. The van der Waals surface area contributed by atoms with Gasteiger partial charge in [-0.25, -0.2) is 0 Å². The maximum atomic E-state index is 11.6. The molecule has 0 aliphatic carbocycles. The third-order valence-electron chi connectivity index (χ3n) is 2.89. The van der Waals surface area contributed by atoms with Crippen molar-refractivity contribution < 1.29 is 9.53 Å². The van der Waals surface area contributed by atoms with Gasteiger partial charge in [-0.2, -0.15) is 0 Å². The highest BCUT2D eigenvalue weighted by Gasteiger charge is 2.30. The topological polar surface area (TPSA) is 64.3 Å². The van der Waals surface area contributed by atoms with Crippen molar-refractivity contribution in [1.82, 2.24) is 5.32 Å². The van der Waals surface area contributed by atoms with E-state index in [1.165, 1.54) is 0 Å². The Morgan fingerprint density at radius 1 is 1.47 bits per heavy atom. The summed E-state index contributed by atoms with van der Waals surface area (Å²) in [6, 6.07) is 7.76. The van der Waals surface area contributed by atoms with Crippen molar-refractivity contribution in [2.75, 3.05) is 19.4 Å². The minimum absolute atomic E-state index is 0.330. The summed E-state index contributed by atoms with van der Waals surface area (Å²) in [5.41, 5.74) is 4.79. The fourth-order valence-electron chi connectivity index (χ4n) is 1.57. The van der Waals surface area contributed by atoms with E-state index < -0.39 is 5.54 Å². The molecule has 0 radical (unpaired) electrons. The third kappa shape index (κ3) is 4.44. The second-order valence-electron chi connectivity index (χ2n) is 4.56. The van der Waals surface area contributed by atoms with Crippen LogP contribution in [0.3, 0.4) is 0 Å². The molecule has 3 N–H and O–H groups in total. The van der Waals surface area contributed by atoms with Crippen LogP contribution in [0.5, 0.6) is 5.75 Å². The van der Waals surface area contributed by atoms with Crippen LogP contribution < -0.4 is 15.8 Å². The average Bonchev–Trinajstić information content (AvgIpc) is 2.43. The fourth-order valence-corrected chi connectivity index (χ4v) is 2.73. The van der Waals surface area contributed by atoms with Crippen LogP contribution >= 0.6 is 11.8 Å². The SMILES string of the molecule is CCCNC(C)(CSc1ccccc1OC)C(N)=O. The van der Waals surface area contributed by atoms with Crippen LogP contribution in [0.2, 0.25) is 0 Å². The lowest BCUT2D eigenvalue weighted by atomic mass is 10.1. The number of amides is 1. The Labute approximate surface area is 119 Å². The predicted molar refractivity (Wildman–Crippen MR) is 79.6 cm³/mol. The Balaban J connectivity index is 2.73. The van der Waals surface area contributed by atoms with Crippen molar-refractivity contribution in [3.63, 3.8) is 0 Å². The molecule has 4 nitrogen and oxygen atoms in total. The summed E-state index contributed by atoms with van der Waals surface area (Å²) in [4.78, 5) is 12.6. The Morgan fingerprint density at radius 2 is 2.16 bits per heavy atom. The van der Waals surface area contributed by atoms with Crippen molar-refractivity contribution >= 4 is 17.7 Å². The monoisotopic (exact) mass is 282 g/mol. The van der Waals surface area contributed by atoms with E-state index in [9.17, 15) is 4.79 Å². The Bertz CT molecular complexity index is 426. The van der Waals surface area contributed by atoms with Gasteiger partial charge in [0.1, 0.15) is 11.3 Å². The smallest absolute Gasteiger partial charge is 0.238 e. The summed E-state index contributed by atoms with van der Waals surface area (Å²) >= 11 is 1.57. The molecule has 0 saturated carbocycles. The van der Waals surface area contributed by atoms with Crippen molar-refractivity contribution in [3.05, 3.63) is 24.3 Å². The van der Waals surface area contributed by atoms with Gasteiger partial charge in [-0.3, -0.25) is 4.79 Å². The number of hydrogen-bond acceptors (Lipinski definition) is 4. The molecule has 0 spiro atoms. The lowest BCUT2D eigenvalue weighted by molar-refractivity contribution is -0.122. The molecule has 0 aromatic heterocycles. The van der Waals surface area contributed by atoms with E-state index in [1.807, 2.05) is 31.2 Å². The maximum Gasteiger partial charge on any atom is 0.238 e. The number of ether oxygens (including phenoxy) is 1. The second kappa shape index (κ2) is 7.40. The summed E-state index contributed by atoms with van der Waals surface area (Å²) < 4.78 is 5.29. The Kier molecular flexibility index (Phi) is 6.18. The lowest BCUT2D eigenvalue weighted by Gasteiger charge is -2.27. The van der Waals surface area contributed by atoms with Crippen LogP contribution in [0.1, 0.15) is 20.3 Å². The molecule has 0 aliphatic heterocycles. The quantitative estimate of drug-likeness (QED) is 0.716. The summed E-state index contributed by atoms with van der Waals surface area (Å²) in [6.07, 6.45) is 0.961. The molecule has 1 aromatic carbocycles. The minimum Gasteiger partial charge on any atom is -0.496 e. The zero-order chi connectivity index (χ0) is 14.3. The van der Waals surface area contributed by atoms with E-state index in [-0.39, 0.29) is 5.91 Å². The number of carbonyl (C=O) groups excluding carboxylic acids is 1. The number of methoxy groups -OCH3 is 1. The molecule has 1 amide bonds. The van der Waals surface area contributed by atoms with E-state index in [2.05, 4.69) is 12.2 Å². The van der Waals surface area contributed by atoms with Gasteiger partial charge in [0.25, 0.3) is 0 Å². The van der Waals surface area contributed by atoms with E-state index in [1.54, 1.807) is 18.9 Å². The van der Waals surface area contributed by atoms with Crippen LogP contribution in [0.4, 0.5) is 0 Å². The number of benzene rings is 1. The molecule has 0 bridgehead atoms. The van der Waals surface area contributed by atoms with Gasteiger partial charge in [-0.1, -0.05) is 19.1 Å². The molecule has 19 heavy (non-hydrogen) atoms. The normalized spacial score (nSPS) is 13.8. The highest BCUT2D eigenvalue weighted by molar-refractivity contribution is 7.99. The number of primary amides is 1. The standard InChI is InChI=1S/C14H22N2O2S/c1-4-9-16-14(2,13(15)17)10-19-12-8-6-5-7-11(12)18-3/h5-8,16H,4,9-10H2,1-3H3,(H2,15,17). The molecular formula is C14H22N2O2S. The van der Waals surface area contributed by atoms with Gasteiger partial charge in [-0.15, -0.1) is 11.8 Å². The highest BCUT2D eigenvalue weighted by atomic mass is 32.2. The fraction of sp³-hybridized carbons (Fsp3) is 0.500. The van der Waals surface area contributed by atoms with E-state index in [0.29, 0.717) is 5.75 Å². The first-order chi connectivity index (χ1) is 9.03. The number of thioether (sulfide) groups is 1. The highest BCUT2D eigenvalue weighted by Crippen LogP contribution is 2.30. The van der Waals surface area contributed by atoms with Gasteiger partial charge in [0, 0.05) is 10.6 Å². The molecule has 1 atom stereocenters. The van der Waals surface area contributed by atoms with Crippen LogP contribution in [-0.4, -0.2) is 30.9 Å². The van der Waals surface area contributed by atoms with Crippen LogP contribution in [0, 0.1) is 0 Å². The van der Waals surface area contributed by atoms with Gasteiger partial charge in [0.05, 0.1) is 7.11 Å². The number of nitrogens with one attached hydrogen (secondary N) is 1. The first kappa shape index (κ1) is 15.9. The number of para-hydroxylation sites is 1. The molecule has 1 aromatic rings. The summed E-state index contributed by atoms with van der Waals surface area (Å²) in [5, 5.41) is 3.22. The zero-order valence-electron chi connectivity index (χ0n) is 11.7. The molecule has 1 unspecified atom stereocenters. The molecule has 0 fully saturated rings. The molecule has 106 valence electrons. The summed E-state index contributed by atoms with van der Waals surface area (Å²) in [7, 11) is 1.64. The number of rotatable bonds is 8. The van der Waals surface area contributed by atoms with Gasteiger partial charge in [0.15, 0.2) is 0 Å². The average molecular weight is 282 g/mol.